The van der Waals surface area contributed by atoms with E-state index in [9.17, 15) is 14.0 Å². The molecule has 8 heteroatoms. The van der Waals surface area contributed by atoms with E-state index in [4.69, 9.17) is 9.26 Å². The zero-order valence-electron chi connectivity index (χ0n) is 18.9. The second-order valence-corrected chi connectivity index (χ2v) is 7.90. The number of benzene rings is 3. The number of halogens is 1. The fourth-order valence-corrected chi connectivity index (χ4v) is 3.52. The number of ether oxygens (including phenoxy) is 1. The molecule has 0 aliphatic heterocycles. The van der Waals surface area contributed by atoms with Crippen LogP contribution in [0.25, 0.3) is 11.4 Å². The van der Waals surface area contributed by atoms with Gasteiger partial charge >= 0.3 is 5.97 Å². The van der Waals surface area contributed by atoms with Crippen LogP contribution in [0.5, 0.6) is 0 Å². The third-order valence-electron chi connectivity index (χ3n) is 5.30. The Morgan fingerprint density at radius 1 is 0.943 bits per heavy atom. The molecular weight excluding hydrogens is 449 g/mol. The second-order valence-electron chi connectivity index (χ2n) is 7.90. The largest absolute Gasteiger partial charge is 0.456 e. The van der Waals surface area contributed by atoms with Gasteiger partial charge in [0.15, 0.2) is 6.61 Å². The van der Waals surface area contributed by atoms with E-state index < -0.39 is 5.97 Å². The Kier molecular flexibility index (Phi) is 7.96. The van der Waals surface area contributed by atoms with Gasteiger partial charge in [0.1, 0.15) is 5.82 Å². The van der Waals surface area contributed by atoms with Gasteiger partial charge in [-0.25, -0.2) is 4.39 Å². The van der Waals surface area contributed by atoms with Gasteiger partial charge in [0, 0.05) is 12.0 Å². The third-order valence-corrected chi connectivity index (χ3v) is 5.30. The minimum Gasteiger partial charge on any atom is -0.456 e. The molecule has 35 heavy (non-hydrogen) atoms. The van der Waals surface area contributed by atoms with Crippen LogP contribution < -0.4 is 5.32 Å². The van der Waals surface area contributed by atoms with Crippen molar-refractivity contribution in [3.05, 3.63) is 108 Å². The normalized spacial score (nSPS) is 11.6. The first-order chi connectivity index (χ1) is 17.1. The molecule has 4 aromatic rings. The number of hydrogen-bond donors (Lipinski definition) is 1. The monoisotopic (exact) mass is 473 g/mol. The first-order valence-electron chi connectivity index (χ1n) is 11.2. The first-order valence-corrected chi connectivity index (χ1v) is 11.2. The van der Waals surface area contributed by atoms with Crippen LogP contribution >= 0.6 is 0 Å². The summed E-state index contributed by atoms with van der Waals surface area (Å²) < 4.78 is 23.3. The van der Waals surface area contributed by atoms with Gasteiger partial charge in [-0.05, 0) is 41.8 Å². The summed E-state index contributed by atoms with van der Waals surface area (Å²) in [7, 11) is 0. The summed E-state index contributed by atoms with van der Waals surface area (Å²) in [6.07, 6.45) is 0.748. The Morgan fingerprint density at radius 2 is 1.63 bits per heavy atom. The summed E-state index contributed by atoms with van der Waals surface area (Å²) >= 11 is 0. The van der Waals surface area contributed by atoms with Crippen molar-refractivity contribution < 1.29 is 23.2 Å². The van der Waals surface area contributed by atoms with E-state index >= 15 is 0 Å². The van der Waals surface area contributed by atoms with Crippen LogP contribution in [0, 0.1) is 5.82 Å². The zero-order chi connectivity index (χ0) is 24.5. The lowest BCUT2D eigenvalue weighted by molar-refractivity contribution is -0.148. The molecule has 0 spiro atoms. The van der Waals surface area contributed by atoms with Crippen LogP contribution in [0.1, 0.15) is 29.5 Å². The van der Waals surface area contributed by atoms with Crippen molar-refractivity contribution in [2.45, 2.75) is 25.3 Å². The Balaban J connectivity index is 1.26. The van der Waals surface area contributed by atoms with Crippen LogP contribution in [0.15, 0.2) is 89.5 Å². The fourth-order valence-electron chi connectivity index (χ4n) is 3.52. The number of carbonyl (C=O) groups is 2. The maximum Gasteiger partial charge on any atom is 0.306 e. The van der Waals surface area contributed by atoms with Crippen LogP contribution in [0.3, 0.4) is 0 Å². The lowest BCUT2D eigenvalue weighted by Gasteiger charge is -2.19. The van der Waals surface area contributed by atoms with Crippen molar-refractivity contribution in [1.29, 1.82) is 0 Å². The summed E-state index contributed by atoms with van der Waals surface area (Å²) in [4.78, 5) is 28.9. The molecular formula is C27H24FN3O4. The van der Waals surface area contributed by atoms with Gasteiger partial charge in [-0.3, -0.25) is 9.59 Å². The van der Waals surface area contributed by atoms with Crippen molar-refractivity contribution in [3.8, 4) is 11.4 Å². The molecule has 1 heterocycles. The molecule has 0 saturated carbocycles. The number of nitrogens with one attached hydrogen (secondary N) is 1. The predicted octanol–water partition coefficient (Wildman–Crippen LogP) is 4.45. The van der Waals surface area contributed by atoms with Gasteiger partial charge in [0.2, 0.25) is 11.7 Å². The molecule has 1 atom stereocenters. The molecule has 0 aliphatic rings. The summed E-state index contributed by atoms with van der Waals surface area (Å²) in [5.74, 6) is -0.754. The second kappa shape index (κ2) is 11.7. The minimum atomic E-state index is -0.555. The van der Waals surface area contributed by atoms with E-state index in [1.54, 1.807) is 0 Å². The van der Waals surface area contributed by atoms with Gasteiger partial charge in [0.05, 0.1) is 12.5 Å². The van der Waals surface area contributed by atoms with Gasteiger partial charge in [-0.15, -0.1) is 0 Å². The number of aromatic nitrogens is 2. The topological polar surface area (TPSA) is 94.3 Å². The predicted molar refractivity (Wildman–Crippen MR) is 126 cm³/mol. The van der Waals surface area contributed by atoms with Crippen LogP contribution in [0.2, 0.25) is 0 Å². The Morgan fingerprint density at radius 3 is 2.34 bits per heavy atom. The minimum absolute atomic E-state index is 0.0234. The standard InChI is InChI=1S/C27H24FN3O4/c28-22-13-11-21(12-14-22)27-30-25(35-31-27)15-16-26(33)34-18-24(32)29-23(20-9-5-2-6-10-20)17-19-7-3-1-4-8-19/h1-14,23H,15-18H2,(H,29,32). The molecule has 4 rings (SSSR count). The van der Waals surface area contributed by atoms with E-state index in [1.807, 2.05) is 60.7 Å². The van der Waals surface area contributed by atoms with Gasteiger partial charge in [-0.2, -0.15) is 4.98 Å². The fraction of sp³-hybridized carbons (Fsp3) is 0.185. The van der Waals surface area contributed by atoms with Crippen molar-refractivity contribution in [3.63, 3.8) is 0 Å². The summed E-state index contributed by atoms with van der Waals surface area (Å²) in [6, 6.07) is 24.9. The van der Waals surface area contributed by atoms with Gasteiger partial charge in [-0.1, -0.05) is 65.8 Å². The molecule has 7 nitrogen and oxygen atoms in total. The summed E-state index contributed by atoms with van der Waals surface area (Å²) in [5.41, 5.74) is 2.65. The molecule has 0 aliphatic carbocycles. The number of rotatable bonds is 10. The van der Waals surface area contributed by atoms with E-state index in [1.165, 1.54) is 24.3 Å². The lowest BCUT2D eigenvalue weighted by Crippen LogP contribution is -2.33. The van der Waals surface area contributed by atoms with Crippen LogP contribution in [0.4, 0.5) is 4.39 Å². The number of esters is 1. The van der Waals surface area contributed by atoms with E-state index in [0.717, 1.165) is 11.1 Å². The molecule has 0 radical (unpaired) electrons. The number of nitrogens with zero attached hydrogens (tertiary/aromatic N) is 2. The molecule has 0 saturated heterocycles. The van der Waals surface area contributed by atoms with Crippen molar-refractivity contribution >= 4 is 11.9 Å². The molecule has 1 amide bonds. The van der Waals surface area contributed by atoms with E-state index in [-0.39, 0.29) is 43.1 Å². The maximum atomic E-state index is 13.1. The molecule has 3 aromatic carbocycles. The highest BCUT2D eigenvalue weighted by Gasteiger charge is 2.17. The first kappa shape index (κ1) is 23.8. The Labute approximate surface area is 201 Å². The Bertz CT molecular complexity index is 1240. The van der Waals surface area contributed by atoms with E-state index in [2.05, 4.69) is 15.5 Å². The van der Waals surface area contributed by atoms with Crippen LogP contribution in [-0.4, -0.2) is 28.6 Å². The number of carbonyl (C=O) groups excluding carboxylic acids is 2. The zero-order valence-corrected chi connectivity index (χ0v) is 18.9. The molecule has 1 unspecified atom stereocenters. The SMILES string of the molecule is O=C(COC(=O)CCc1nc(-c2ccc(F)cc2)no1)NC(Cc1ccccc1)c1ccccc1. The number of aryl methyl sites for hydroxylation is 1. The van der Waals surface area contributed by atoms with E-state index in [0.29, 0.717) is 17.8 Å². The quantitative estimate of drug-likeness (QED) is 0.342. The van der Waals surface area contributed by atoms with Crippen molar-refractivity contribution in [2.24, 2.45) is 0 Å². The van der Waals surface area contributed by atoms with Crippen LogP contribution in [-0.2, 0) is 27.2 Å². The highest BCUT2D eigenvalue weighted by Crippen LogP contribution is 2.19. The van der Waals surface area contributed by atoms with Gasteiger partial charge in [0.25, 0.3) is 5.91 Å². The molecule has 1 N–H and O–H groups in total. The maximum absolute atomic E-state index is 13.1. The average molecular weight is 474 g/mol. The molecule has 178 valence electrons. The van der Waals surface area contributed by atoms with Crippen molar-refractivity contribution in [1.82, 2.24) is 15.5 Å². The lowest BCUT2D eigenvalue weighted by atomic mass is 9.99. The Hall–Kier alpha value is -4.33. The van der Waals surface area contributed by atoms with Crippen molar-refractivity contribution in [2.75, 3.05) is 6.61 Å². The summed E-state index contributed by atoms with van der Waals surface area (Å²) in [6.45, 7) is -0.387. The highest BCUT2D eigenvalue weighted by molar-refractivity contribution is 5.81. The highest BCUT2D eigenvalue weighted by atomic mass is 19.1. The smallest absolute Gasteiger partial charge is 0.306 e. The molecule has 1 aromatic heterocycles. The average Bonchev–Trinajstić information content (AvgIpc) is 3.36. The number of hydrogen-bond acceptors (Lipinski definition) is 6. The summed E-state index contributed by atoms with van der Waals surface area (Å²) in [5, 5.41) is 6.79. The third kappa shape index (κ3) is 7.07. The molecule has 0 bridgehead atoms. The van der Waals surface area contributed by atoms with Gasteiger partial charge < -0.3 is 14.6 Å². The number of amides is 1. The molecule has 0 fully saturated rings.